The van der Waals surface area contributed by atoms with Crippen molar-refractivity contribution in [2.75, 3.05) is 13.2 Å². The lowest BCUT2D eigenvalue weighted by atomic mass is 9.93. The third-order valence-corrected chi connectivity index (χ3v) is 6.65. The molecule has 0 N–H and O–H groups in total. The van der Waals surface area contributed by atoms with E-state index in [1.165, 1.54) is 43.4 Å². The van der Waals surface area contributed by atoms with E-state index in [1.54, 1.807) is 6.92 Å². The Morgan fingerprint density at radius 3 is 2.03 bits per heavy atom. The molecule has 1 fully saturated rings. The Morgan fingerprint density at radius 2 is 1.40 bits per heavy atom. The van der Waals surface area contributed by atoms with E-state index in [1.807, 2.05) is 24.3 Å². The van der Waals surface area contributed by atoms with Crippen LogP contribution in [0.1, 0.15) is 63.2 Å². The van der Waals surface area contributed by atoms with Gasteiger partial charge in [-0.2, -0.15) is 8.78 Å². The molecular weight excluding hydrogens is 446 g/mol. The van der Waals surface area contributed by atoms with Crippen LogP contribution in [0.3, 0.4) is 0 Å². The van der Waals surface area contributed by atoms with E-state index in [9.17, 15) is 8.78 Å². The van der Waals surface area contributed by atoms with Crippen molar-refractivity contribution in [1.82, 2.24) is 0 Å². The van der Waals surface area contributed by atoms with Gasteiger partial charge in [-0.05, 0) is 66.5 Å². The SMILES string of the molecule is CCCC1CCOC(c2ccc(-c3ccc(COc4ccc(OCC)c(F)c4F)cc3)cc2)CC1. The van der Waals surface area contributed by atoms with Gasteiger partial charge in [0.25, 0.3) is 0 Å². The van der Waals surface area contributed by atoms with Crippen LogP contribution in [0.25, 0.3) is 11.1 Å². The zero-order valence-electron chi connectivity index (χ0n) is 20.6. The molecule has 0 amide bonds. The van der Waals surface area contributed by atoms with E-state index in [-0.39, 0.29) is 30.8 Å². The Labute approximate surface area is 207 Å². The predicted octanol–water partition coefficient (Wildman–Crippen LogP) is 8.27. The van der Waals surface area contributed by atoms with E-state index in [2.05, 4.69) is 31.2 Å². The molecule has 2 unspecified atom stereocenters. The summed E-state index contributed by atoms with van der Waals surface area (Å²) in [7, 11) is 0. The van der Waals surface area contributed by atoms with Gasteiger partial charge in [-0.15, -0.1) is 0 Å². The molecular formula is C30H34F2O3. The molecule has 2 atom stereocenters. The van der Waals surface area contributed by atoms with Crippen molar-refractivity contribution < 1.29 is 23.0 Å². The summed E-state index contributed by atoms with van der Waals surface area (Å²) < 4.78 is 45.0. The summed E-state index contributed by atoms with van der Waals surface area (Å²) in [5, 5.41) is 0. The van der Waals surface area contributed by atoms with Crippen molar-refractivity contribution in [3.8, 4) is 22.6 Å². The van der Waals surface area contributed by atoms with E-state index in [0.717, 1.165) is 35.6 Å². The van der Waals surface area contributed by atoms with Crippen LogP contribution < -0.4 is 9.47 Å². The minimum atomic E-state index is -1.04. The smallest absolute Gasteiger partial charge is 0.204 e. The molecule has 0 radical (unpaired) electrons. The first-order valence-corrected chi connectivity index (χ1v) is 12.6. The van der Waals surface area contributed by atoms with Crippen molar-refractivity contribution in [3.63, 3.8) is 0 Å². The van der Waals surface area contributed by atoms with E-state index >= 15 is 0 Å². The molecule has 35 heavy (non-hydrogen) atoms. The second kappa shape index (κ2) is 12.2. The number of ether oxygens (including phenoxy) is 3. The maximum absolute atomic E-state index is 14.2. The quantitative estimate of drug-likeness (QED) is 0.308. The van der Waals surface area contributed by atoms with Crippen molar-refractivity contribution in [1.29, 1.82) is 0 Å². The average molecular weight is 481 g/mol. The fraction of sp³-hybridized carbons (Fsp3) is 0.400. The molecule has 0 bridgehead atoms. The van der Waals surface area contributed by atoms with Crippen LogP contribution >= 0.6 is 0 Å². The summed E-state index contributed by atoms with van der Waals surface area (Å²) in [5.74, 6) is -1.52. The lowest BCUT2D eigenvalue weighted by Gasteiger charge is -2.16. The molecule has 1 aliphatic heterocycles. The minimum Gasteiger partial charge on any atom is -0.491 e. The molecule has 1 heterocycles. The van der Waals surface area contributed by atoms with Gasteiger partial charge in [-0.3, -0.25) is 0 Å². The zero-order valence-corrected chi connectivity index (χ0v) is 20.6. The van der Waals surface area contributed by atoms with Gasteiger partial charge in [0.05, 0.1) is 12.7 Å². The second-order valence-corrected chi connectivity index (χ2v) is 9.11. The monoisotopic (exact) mass is 480 g/mol. The molecule has 5 heteroatoms. The first kappa shape index (κ1) is 25.2. The fourth-order valence-electron chi connectivity index (χ4n) is 4.69. The minimum absolute atomic E-state index is 0.112. The van der Waals surface area contributed by atoms with Crippen molar-refractivity contribution in [3.05, 3.63) is 83.4 Å². The first-order chi connectivity index (χ1) is 17.1. The molecule has 0 aromatic heterocycles. The normalized spacial score (nSPS) is 18.2. The van der Waals surface area contributed by atoms with Crippen LogP contribution in [-0.2, 0) is 11.3 Å². The Balaban J connectivity index is 1.35. The molecule has 1 aliphatic rings. The summed E-state index contributed by atoms with van der Waals surface area (Å²) in [6.45, 7) is 5.22. The van der Waals surface area contributed by atoms with E-state index in [0.29, 0.717) is 0 Å². The highest BCUT2D eigenvalue weighted by atomic mass is 19.2. The molecule has 0 aliphatic carbocycles. The second-order valence-electron chi connectivity index (χ2n) is 9.11. The number of hydrogen-bond donors (Lipinski definition) is 0. The van der Waals surface area contributed by atoms with E-state index < -0.39 is 11.6 Å². The predicted molar refractivity (Wildman–Crippen MR) is 135 cm³/mol. The third kappa shape index (κ3) is 6.40. The zero-order chi connectivity index (χ0) is 24.6. The topological polar surface area (TPSA) is 27.7 Å². The first-order valence-electron chi connectivity index (χ1n) is 12.6. The Bertz CT molecular complexity index is 1080. The van der Waals surface area contributed by atoms with Crippen LogP contribution in [0.2, 0.25) is 0 Å². The van der Waals surface area contributed by atoms with Crippen LogP contribution in [0.15, 0.2) is 60.7 Å². The van der Waals surface area contributed by atoms with Gasteiger partial charge in [0.2, 0.25) is 11.6 Å². The summed E-state index contributed by atoms with van der Waals surface area (Å²) in [5.41, 5.74) is 4.31. The lowest BCUT2D eigenvalue weighted by molar-refractivity contribution is 0.0573. The van der Waals surface area contributed by atoms with Gasteiger partial charge >= 0.3 is 0 Å². The van der Waals surface area contributed by atoms with Crippen LogP contribution in [-0.4, -0.2) is 13.2 Å². The largest absolute Gasteiger partial charge is 0.491 e. The number of hydrogen-bond acceptors (Lipinski definition) is 3. The summed E-state index contributed by atoms with van der Waals surface area (Å²) in [4.78, 5) is 0. The van der Waals surface area contributed by atoms with Gasteiger partial charge in [0.1, 0.15) is 6.61 Å². The highest BCUT2D eigenvalue weighted by Gasteiger charge is 2.20. The molecule has 4 rings (SSSR count). The Hall–Kier alpha value is -2.92. The van der Waals surface area contributed by atoms with Crippen LogP contribution in [0.4, 0.5) is 8.78 Å². The molecule has 186 valence electrons. The third-order valence-electron chi connectivity index (χ3n) is 6.65. The van der Waals surface area contributed by atoms with Gasteiger partial charge in [-0.1, -0.05) is 68.3 Å². The van der Waals surface area contributed by atoms with Crippen LogP contribution in [0.5, 0.6) is 11.5 Å². The molecule has 0 saturated carbocycles. The van der Waals surface area contributed by atoms with Crippen LogP contribution in [0, 0.1) is 17.6 Å². The lowest BCUT2D eigenvalue weighted by Crippen LogP contribution is -2.02. The van der Waals surface area contributed by atoms with Crippen molar-refractivity contribution in [2.45, 2.75) is 58.7 Å². The fourth-order valence-corrected chi connectivity index (χ4v) is 4.69. The highest BCUT2D eigenvalue weighted by Crippen LogP contribution is 2.33. The summed E-state index contributed by atoms with van der Waals surface area (Å²) >= 11 is 0. The van der Waals surface area contributed by atoms with E-state index in [4.69, 9.17) is 14.2 Å². The molecule has 3 aromatic rings. The van der Waals surface area contributed by atoms with Crippen molar-refractivity contribution in [2.24, 2.45) is 5.92 Å². The number of halogens is 2. The average Bonchev–Trinajstić information content (AvgIpc) is 3.13. The van der Waals surface area contributed by atoms with Crippen molar-refractivity contribution >= 4 is 0 Å². The molecule has 1 saturated heterocycles. The molecule has 3 aromatic carbocycles. The Kier molecular flexibility index (Phi) is 8.75. The maximum Gasteiger partial charge on any atom is 0.204 e. The summed E-state index contributed by atoms with van der Waals surface area (Å²) in [6.07, 6.45) is 6.19. The maximum atomic E-state index is 14.2. The van der Waals surface area contributed by atoms with Gasteiger partial charge in [-0.25, -0.2) is 0 Å². The van der Waals surface area contributed by atoms with Gasteiger partial charge in [0.15, 0.2) is 11.5 Å². The number of benzene rings is 3. The standard InChI is InChI=1S/C30H34F2O3/c1-3-5-21-8-15-26(34-19-18-21)25-13-11-24(12-14-25)23-9-6-22(7-10-23)20-35-28-17-16-27(33-4-2)29(31)30(28)32/h6-7,9-14,16-17,21,26H,3-5,8,15,18-20H2,1-2H3. The molecule has 3 nitrogen and oxygen atoms in total. The van der Waals surface area contributed by atoms with Gasteiger partial charge in [0, 0.05) is 6.61 Å². The number of rotatable bonds is 9. The molecule has 0 spiro atoms. The summed E-state index contributed by atoms with van der Waals surface area (Å²) in [6, 6.07) is 19.3. The highest BCUT2D eigenvalue weighted by molar-refractivity contribution is 5.64. The Morgan fingerprint density at radius 1 is 0.771 bits per heavy atom. The van der Waals surface area contributed by atoms with Gasteiger partial charge < -0.3 is 14.2 Å².